The maximum atomic E-state index is 13.2. The van der Waals surface area contributed by atoms with E-state index < -0.39 is 23.8 Å². The van der Waals surface area contributed by atoms with Crippen LogP contribution in [0.2, 0.25) is 0 Å². The van der Waals surface area contributed by atoms with Crippen LogP contribution in [0, 0.1) is 11.3 Å². The Hall–Kier alpha value is -3.17. The van der Waals surface area contributed by atoms with E-state index in [1.165, 1.54) is 17.7 Å². The van der Waals surface area contributed by atoms with Crippen molar-refractivity contribution < 1.29 is 28.6 Å². The number of hydrogen-bond acceptors (Lipinski definition) is 7. The molecule has 1 saturated carbocycles. The van der Waals surface area contributed by atoms with Gasteiger partial charge < -0.3 is 14.2 Å². The first-order chi connectivity index (χ1) is 18.9. The maximum absolute atomic E-state index is 13.2. The van der Waals surface area contributed by atoms with Crippen LogP contribution in [0.3, 0.4) is 0 Å². The minimum Gasteiger partial charge on any atom is -0.493 e. The van der Waals surface area contributed by atoms with Crippen molar-refractivity contribution in [3.05, 3.63) is 59.0 Å². The lowest BCUT2D eigenvalue weighted by Gasteiger charge is -2.42. The zero-order valence-corrected chi connectivity index (χ0v) is 22.7. The van der Waals surface area contributed by atoms with Crippen LogP contribution in [0.25, 0.3) is 0 Å². The number of alkyl carbamates (subject to hydrolysis) is 1. The number of methoxy groups -OCH3 is 1. The zero-order valence-electron chi connectivity index (χ0n) is 22.7. The van der Waals surface area contributed by atoms with Gasteiger partial charge in [-0.25, -0.2) is 9.86 Å². The lowest BCUT2D eigenvalue weighted by Crippen LogP contribution is -2.56. The topological polar surface area (TPSA) is 98.7 Å². The minimum absolute atomic E-state index is 0.0214. The Morgan fingerprint density at radius 1 is 1.23 bits per heavy atom. The van der Waals surface area contributed by atoms with Crippen LogP contribution in [-0.4, -0.2) is 61.5 Å². The van der Waals surface area contributed by atoms with Gasteiger partial charge in [0, 0.05) is 49.8 Å². The molecule has 5 atom stereocenters. The second-order valence-electron chi connectivity index (χ2n) is 11.5. The minimum atomic E-state index is -1.52. The normalized spacial score (nSPS) is 33.2. The first-order valence-electron chi connectivity index (χ1n) is 14.1. The van der Waals surface area contributed by atoms with Gasteiger partial charge in [0.25, 0.3) is 5.91 Å². The Morgan fingerprint density at radius 3 is 2.90 bits per heavy atom. The Balaban J connectivity index is 1.09. The van der Waals surface area contributed by atoms with Crippen molar-refractivity contribution in [1.82, 2.24) is 10.4 Å². The summed E-state index contributed by atoms with van der Waals surface area (Å²) in [5.74, 6) is 1.13. The molecular formula is C30H37N3O6. The largest absolute Gasteiger partial charge is 0.493 e. The lowest BCUT2D eigenvalue weighted by molar-refractivity contribution is -0.189. The van der Waals surface area contributed by atoms with E-state index in [-0.39, 0.29) is 17.9 Å². The molecule has 0 radical (unpaired) electrons. The third-order valence-corrected chi connectivity index (χ3v) is 8.93. The second kappa shape index (κ2) is 10.4. The molecule has 39 heavy (non-hydrogen) atoms. The number of ether oxygens (including phenoxy) is 3. The van der Waals surface area contributed by atoms with Gasteiger partial charge in [-0.1, -0.05) is 37.3 Å². The highest BCUT2D eigenvalue weighted by Crippen LogP contribution is 2.59. The lowest BCUT2D eigenvalue weighted by atomic mass is 9.61. The molecule has 1 aromatic rings. The molecule has 5 aliphatic rings. The van der Waals surface area contributed by atoms with Crippen LogP contribution in [0.15, 0.2) is 58.4 Å². The fourth-order valence-electron chi connectivity index (χ4n) is 7.07. The Kier molecular flexibility index (Phi) is 6.97. The number of nitrogens with one attached hydrogen (secondary N) is 1. The summed E-state index contributed by atoms with van der Waals surface area (Å²) in [6.45, 7) is 2.97. The standard InChI is InChI=1S/C30H37N3O6/c1-20-8-9-25-29(18-20)11-13-31-19-22-16-23(17-24(39-25)26(22)29)38-28(35)32-30(36-2)12-14-33(27(30)34)37-15-10-21-6-4-3-5-7-21/h3-7,13,19-20,23,25H,8-12,14-18H2,1-2H3,(H,32,35)/t20?,23-,25-,29?,30-/m1/s1. The molecule has 1 saturated heterocycles. The average Bonchev–Trinajstić information content (AvgIpc) is 3.33. The fraction of sp³-hybridized carbons (Fsp3) is 0.567. The van der Waals surface area contributed by atoms with Crippen molar-refractivity contribution in [2.24, 2.45) is 16.3 Å². The van der Waals surface area contributed by atoms with Crippen LogP contribution in [0.1, 0.15) is 57.4 Å². The van der Waals surface area contributed by atoms with Crippen LogP contribution in [0.5, 0.6) is 0 Å². The summed E-state index contributed by atoms with van der Waals surface area (Å²) in [6, 6.07) is 9.92. The molecule has 9 nitrogen and oxygen atoms in total. The molecule has 0 aromatic heterocycles. The first kappa shape index (κ1) is 26.1. The molecule has 1 aromatic carbocycles. The number of rotatable bonds is 7. The highest BCUT2D eigenvalue weighted by molar-refractivity contribution is 5.89. The summed E-state index contributed by atoms with van der Waals surface area (Å²) in [7, 11) is 1.41. The van der Waals surface area contributed by atoms with E-state index in [9.17, 15) is 9.59 Å². The van der Waals surface area contributed by atoms with E-state index in [0.717, 1.165) is 42.6 Å². The number of hydroxylamine groups is 2. The van der Waals surface area contributed by atoms with Crippen molar-refractivity contribution in [3.63, 3.8) is 0 Å². The van der Waals surface area contributed by atoms with Crippen LogP contribution in [0.4, 0.5) is 4.79 Å². The van der Waals surface area contributed by atoms with Gasteiger partial charge in [-0.15, -0.1) is 0 Å². The van der Waals surface area contributed by atoms with Gasteiger partial charge in [-0.05, 0) is 49.2 Å². The van der Waals surface area contributed by atoms with Crippen molar-refractivity contribution >= 4 is 18.2 Å². The molecular weight excluding hydrogens is 498 g/mol. The van der Waals surface area contributed by atoms with Crippen LogP contribution < -0.4 is 5.32 Å². The summed E-state index contributed by atoms with van der Waals surface area (Å²) >= 11 is 0. The molecule has 9 heteroatoms. The molecule has 208 valence electrons. The Bertz CT molecular complexity index is 1210. The molecule has 0 bridgehead atoms. The molecule has 2 amide bonds. The van der Waals surface area contributed by atoms with Crippen LogP contribution >= 0.6 is 0 Å². The summed E-state index contributed by atoms with van der Waals surface area (Å²) in [5.41, 5.74) is 1.96. The third kappa shape index (κ3) is 4.76. The fourth-order valence-corrected chi connectivity index (χ4v) is 7.07. The maximum Gasteiger partial charge on any atom is 0.410 e. The number of hydrogen-bond donors (Lipinski definition) is 1. The summed E-state index contributed by atoms with van der Waals surface area (Å²) in [6.07, 6.45) is 9.15. The number of carbonyl (C=O) groups is 2. The van der Waals surface area contributed by atoms with E-state index in [2.05, 4.69) is 17.2 Å². The molecule has 1 N–H and O–H groups in total. The molecule has 6 rings (SSSR count). The third-order valence-electron chi connectivity index (χ3n) is 8.93. The Labute approximate surface area is 229 Å². The van der Waals surface area contributed by atoms with Crippen molar-refractivity contribution in [3.8, 4) is 0 Å². The number of nitrogens with zero attached hydrogens (tertiary/aromatic N) is 2. The van der Waals surface area contributed by atoms with Gasteiger partial charge in [-0.2, -0.15) is 0 Å². The predicted octanol–water partition coefficient (Wildman–Crippen LogP) is 4.44. The SMILES string of the molecule is CO[C@]1(NC(=O)O[C@@H]2CC3=CN=CCC45CC(C)CC[C@H]4OC(=C35)C2)CCN(OCCc2ccccc2)C1=O. The quantitative estimate of drug-likeness (QED) is 0.519. The molecule has 2 aliphatic carbocycles. The molecule has 3 aliphatic heterocycles. The highest BCUT2D eigenvalue weighted by Gasteiger charge is 2.56. The van der Waals surface area contributed by atoms with Gasteiger partial charge in [-0.3, -0.25) is 19.9 Å². The van der Waals surface area contributed by atoms with E-state index in [1.54, 1.807) is 0 Å². The van der Waals surface area contributed by atoms with E-state index >= 15 is 0 Å². The number of carbonyl (C=O) groups excluding carboxylic acids is 2. The van der Waals surface area contributed by atoms with Crippen molar-refractivity contribution in [2.45, 2.75) is 76.2 Å². The summed E-state index contributed by atoms with van der Waals surface area (Å²) in [5, 5.41) is 3.97. The zero-order chi connectivity index (χ0) is 27.0. The smallest absolute Gasteiger partial charge is 0.410 e. The van der Waals surface area contributed by atoms with E-state index in [0.29, 0.717) is 38.3 Å². The molecule has 3 heterocycles. The van der Waals surface area contributed by atoms with Gasteiger partial charge in [0.15, 0.2) is 0 Å². The van der Waals surface area contributed by atoms with Gasteiger partial charge in [0.2, 0.25) is 5.72 Å². The average molecular weight is 536 g/mol. The number of aliphatic imine (C=N–C) groups is 1. The molecule has 2 fully saturated rings. The number of benzene rings is 1. The van der Waals surface area contributed by atoms with Gasteiger partial charge >= 0.3 is 6.09 Å². The van der Waals surface area contributed by atoms with Crippen molar-refractivity contribution in [2.75, 3.05) is 20.3 Å². The Morgan fingerprint density at radius 2 is 2.08 bits per heavy atom. The first-order valence-corrected chi connectivity index (χ1v) is 14.1. The highest BCUT2D eigenvalue weighted by atomic mass is 16.7. The van der Waals surface area contributed by atoms with Crippen LogP contribution in [-0.2, 0) is 30.3 Å². The van der Waals surface area contributed by atoms with E-state index in [4.69, 9.17) is 19.0 Å². The molecule has 1 spiro atoms. The van der Waals surface area contributed by atoms with Gasteiger partial charge in [0.1, 0.15) is 18.0 Å². The second-order valence-corrected chi connectivity index (χ2v) is 11.5. The monoisotopic (exact) mass is 535 g/mol. The predicted molar refractivity (Wildman–Crippen MR) is 143 cm³/mol. The van der Waals surface area contributed by atoms with Gasteiger partial charge in [0.05, 0.1) is 13.2 Å². The summed E-state index contributed by atoms with van der Waals surface area (Å²) < 4.78 is 17.9. The number of amides is 2. The van der Waals surface area contributed by atoms with Crippen molar-refractivity contribution in [1.29, 1.82) is 0 Å². The molecule has 2 unspecified atom stereocenters. The summed E-state index contributed by atoms with van der Waals surface area (Å²) in [4.78, 5) is 36.5. The van der Waals surface area contributed by atoms with E-state index in [1.807, 2.05) is 42.7 Å².